The second-order valence-electron chi connectivity index (χ2n) is 4.39. The minimum Gasteiger partial charge on any atom is -0.349 e. The third-order valence-electron chi connectivity index (χ3n) is 3.07. The largest absolute Gasteiger partial charge is 0.349 e. The van der Waals surface area contributed by atoms with Gasteiger partial charge in [-0.15, -0.1) is 0 Å². The second kappa shape index (κ2) is 5.61. The Balaban J connectivity index is 2.03. The minimum absolute atomic E-state index is 0.00497. The quantitative estimate of drug-likeness (QED) is 0.912. The average Bonchev–Trinajstić information content (AvgIpc) is 2.35. The number of Topliss-reactive ketones (excluding diaryl/α,β-unsaturated/α-hetero) is 1. The van der Waals surface area contributed by atoms with Gasteiger partial charge in [-0.2, -0.15) is 0 Å². The van der Waals surface area contributed by atoms with Crippen LogP contribution in [0.25, 0.3) is 0 Å². The molecule has 1 fully saturated rings. The zero-order valence-corrected chi connectivity index (χ0v) is 11.3. The Morgan fingerprint density at radius 2 is 2.00 bits per heavy atom. The number of halogens is 2. The summed E-state index contributed by atoms with van der Waals surface area (Å²) in [6.45, 7) is 0. The highest BCUT2D eigenvalue weighted by atomic mass is 79.9. The summed E-state index contributed by atoms with van der Waals surface area (Å²) in [5, 5.41) is 2.84. The number of carbonyl (C=O) groups is 2. The number of ketones is 1. The average molecular weight is 314 g/mol. The van der Waals surface area contributed by atoms with Gasteiger partial charge < -0.3 is 5.32 Å². The zero-order chi connectivity index (χ0) is 13.1. The van der Waals surface area contributed by atoms with Gasteiger partial charge in [-0.25, -0.2) is 4.39 Å². The molecule has 1 aliphatic carbocycles. The molecule has 96 valence electrons. The van der Waals surface area contributed by atoms with E-state index >= 15 is 0 Å². The summed E-state index contributed by atoms with van der Waals surface area (Å²) in [7, 11) is 0. The Morgan fingerprint density at radius 3 is 2.67 bits per heavy atom. The van der Waals surface area contributed by atoms with Gasteiger partial charge >= 0.3 is 0 Å². The van der Waals surface area contributed by atoms with Gasteiger partial charge in [0.05, 0.1) is 10.0 Å². The molecule has 0 aromatic heterocycles. The number of nitrogens with one attached hydrogen (secondary N) is 1. The first-order valence-corrected chi connectivity index (χ1v) is 6.64. The van der Waals surface area contributed by atoms with Crippen molar-refractivity contribution in [2.75, 3.05) is 0 Å². The smallest absolute Gasteiger partial charge is 0.252 e. The van der Waals surface area contributed by atoms with Gasteiger partial charge in [-0.3, -0.25) is 9.59 Å². The first-order valence-electron chi connectivity index (χ1n) is 5.84. The second-order valence-corrected chi connectivity index (χ2v) is 5.18. The Morgan fingerprint density at radius 1 is 1.33 bits per heavy atom. The molecule has 0 aliphatic heterocycles. The first kappa shape index (κ1) is 13.2. The Labute approximate surface area is 113 Å². The molecule has 1 aromatic rings. The van der Waals surface area contributed by atoms with Crippen LogP contribution in [0.2, 0.25) is 0 Å². The number of hydrogen-bond donors (Lipinski definition) is 1. The fourth-order valence-corrected chi connectivity index (χ4v) is 2.47. The summed E-state index contributed by atoms with van der Waals surface area (Å²) >= 11 is 3.07. The predicted molar refractivity (Wildman–Crippen MR) is 68.8 cm³/mol. The summed E-state index contributed by atoms with van der Waals surface area (Å²) in [4.78, 5) is 23.1. The van der Waals surface area contributed by atoms with Crippen LogP contribution < -0.4 is 5.32 Å². The van der Waals surface area contributed by atoms with Gasteiger partial charge in [-0.05, 0) is 40.9 Å². The monoisotopic (exact) mass is 313 g/mol. The van der Waals surface area contributed by atoms with E-state index in [4.69, 9.17) is 0 Å². The van der Waals surface area contributed by atoms with E-state index in [0.29, 0.717) is 25.7 Å². The van der Waals surface area contributed by atoms with E-state index in [1.165, 1.54) is 12.1 Å². The van der Waals surface area contributed by atoms with Gasteiger partial charge in [-0.1, -0.05) is 6.07 Å². The molecular weight excluding hydrogens is 301 g/mol. The highest BCUT2D eigenvalue weighted by Gasteiger charge is 2.22. The summed E-state index contributed by atoms with van der Waals surface area (Å²) < 4.78 is 13.5. The molecule has 0 radical (unpaired) electrons. The Bertz CT molecular complexity index is 480. The van der Waals surface area contributed by atoms with Crippen LogP contribution in [0, 0.1) is 5.82 Å². The van der Waals surface area contributed by atoms with Crippen LogP contribution in [-0.4, -0.2) is 17.7 Å². The summed E-state index contributed by atoms with van der Waals surface area (Å²) in [6, 6.07) is 4.36. The zero-order valence-electron chi connectivity index (χ0n) is 9.71. The van der Waals surface area contributed by atoms with Crippen molar-refractivity contribution < 1.29 is 14.0 Å². The van der Waals surface area contributed by atoms with E-state index < -0.39 is 5.82 Å². The number of carbonyl (C=O) groups excluding carboxylic acids is 2. The number of benzene rings is 1. The molecule has 18 heavy (non-hydrogen) atoms. The molecule has 3 nitrogen and oxygen atoms in total. The highest BCUT2D eigenvalue weighted by molar-refractivity contribution is 9.10. The summed E-state index contributed by atoms with van der Waals surface area (Å²) in [5.74, 6) is -0.519. The molecule has 1 aliphatic rings. The Kier molecular flexibility index (Phi) is 4.11. The van der Waals surface area contributed by atoms with E-state index in [9.17, 15) is 14.0 Å². The molecule has 0 spiro atoms. The number of hydrogen-bond acceptors (Lipinski definition) is 2. The molecule has 0 atom stereocenters. The van der Waals surface area contributed by atoms with E-state index in [1.54, 1.807) is 6.07 Å². The molecule has 5 heteroatoms. The molecule has 1 saturated carbocycles. The van der Waals surface area contributed by atoms with Crippen LogP contribution in [0.4, 0.5) is 4.39 Å². The van der Waals surface area contributed by atoms with Crippen molar-refractivity contribution in [3.63, 3.8) is 0 Å². The normalized spacial score (nSPS) is 16.7. The third kappa shape index (κ3) is 2.96. The van der Waals surface area contributed by atoms with E-state index in [-0.39, 0.29) is 27.8 Å². The van der Waals surface area contributed by atoms with Gasteiger partial charge in [0.2, 0.25) is 0 Å². The SMILES string of the molecule is O=C1CCC(NC(=O)c2cccc(F)c2Br)CC1. The number of amides is 1. The first-order chi connectivity index (χ1) is 8.58. The van der Waals surface area contributed by atoms with Gasteiger partial charge in [0, 0.05) is 18.9 Å². The van der Waals surface area contributed by atoms with Crippen molar-refractivity contribution in [3.8, 4) is 0 Å². The standard InChI is InChI=1S/C13H13BrFNO2/c14-12-10(2-1-3-11(12)15)13(18)16-8-4-6-9(17)7-5-8/h1-3,8H,4-7H2,(H,16,18). The van der Waals surface area contributed by atoms with Gasteiger partial charge in [0.1, 0.15) is 11.6 Å². The lowest BCUT2D eigenvalue weighted by Crippen LogP contribution is -2.37. The van der Waals surface area contributed by atoms with Crippen LogP contribution in [0.1, 0.15) is 36.0 Å². The number of rotatable bonds is 2. The van der Waals surface area contributed by atoms with Crippen molar-refractivity contribution in [2.45, 2.75) is 31.7 Å². The molecule has 2 rings (SSSR count). The fourth-order valence-electron chi connectivity index (χ4n) is 2.03. The molecule has 0 heterocycles. The molecule has 1 amide bonds. The van der Waals surface area contributed by atoms with Crippen molar-refractivity contribution in [1.29, 1.82) is 0 Å². The predicted octanol–water partition coefficient (Wildman–Crippen LogP) is 2.83. The maximum absolute atomic E-state index is 13.3. The molecule has 1 N–H and O–H groups in total. The topological polar surface area (TPSA) is 46.2 Å². The van der Waals surface area contributed by atoms with Gasteiger partial charge in [0.15, 0.2) is 0 Å². The minimum atomic E-state index is -0.457. The maximum Gasteiger partial charge on any atom is 0.252 e. The molecular formula is C13H13BrFNO2. The van der Waals surface area contributed by atoms with Crippen LogP contribution >= 0.6 is 15.9 Å². The fraction of sp³-hybridized carbons (Fsp3) is 0.385. The highest BCUT2D eigenvalue weighted by Crippen LogP contribution is 2.21. The van der Waals surface area contributed by atoms with Crippen LogP contribution in [-0.2, 0) is 4.79 Å². The third-order valence-corrected chi connectivity index (χ3v) is 3.88. The van der Waals surface area contributed by atoms with E-state index in [2.05, 4.69) is 21.2 Å². The van der Waals surface area contributed by atoms with Crippen molar-refractivity contribution in [1.82, 2.24) is 5.32 Å². The van der Waals surface area contributed by atoms with Crippen molar-refractivity contribution in [2.24, 2.45) is 0 Å². The maximum atomic E-state index is 13.3. The molecule has 0 bridgehead atoms. The molecule has 0 saturated heterocycles. The van der Waals surface area contributed by atoms with Crippen LogP contribution in [0.5, 0.6) is 0 Å². The lowest BCUT2D eigenvalue weighted by molar-refractivity contribution is -0.120. The Hall–Kier alpha value is -1.23. The lowest BCUT2D eigenvalue weighted by atomic mass is 9.94. The van der Waals surface area contributed by atoms with E-state index in [0.717, 1.165) is 0 Å². The van der Waals surface area contributed by atoms with Crippen LogP contribution in [0.15, 0.2) is 22.7 Å². The van der Waals surface area contributed by atoms with Gasteiger partial charge in [0.25, 0.3) is 5.91 Å². The van der Waals surface area contributed by atoms with Crippen LogP contribution in [0.3, 0.4) is 0 Å². The van der Waals surface area contributed by atoms with E-state index in [1.807, 2.05) is 0 Å². The molecule has 1 aromatic carbocycles. The lowest BCUT2D eigenvalue weighted by Gasteiger charge is -2.22. The van der Waals surface area contributed by atoms with Crippen molar-refractivity contribution in [3.05, 3.63) is 34.1 Å². The molecule has 0 unspecified atom stereocenters. The summed E-state index contributed by atoms with van der Waals surface area (Å²) in [6.07, 6.45) is 2.35. The summed E-state index contributed by atoms with van der Waals surface area (Å²) in [5.41, 5.74) is 0.284. The van der Waals surface area contributed by atoms with Crippen molar-refractivity contribution >= 4 is 27.6 Å².